The Hall–Kier alpha value is -2.17. The summed E-state index contributed by atoms with van der Waals surface area (Å²) < 4.78 is 11.6. The van der Waals surface area contributed by atoms with Gasteiger partial charge in [-0.3, -0.25) is 14.4 Å². The molecule has 0 saturated carbocycles. The van der Waals surface area contributed by atoms with Crippen molar-refractivity contribution in [3.8, 4) is 5.75 Å². The summed E-state index contributed by atoms with van der Waals surface area (Å²) in [5.41, 5.74) is -0.615. The summed E-state index contributed by atoms with van der Waals surface area (Å²) in [7, 11) is 3.09. The number of aliphatic hydroxyl groups is 1. The Balaban J connectivity index is 1.76. The van der Waals surface area contributed by atoms with E-state index in [1.165, 1.54) is 11.9 Å². The van der Waals surface area contributed by atoms with Gasteiger partial charge in [-0.1, -0.05) is 29.8 Å². The van der Waals surface area contributed by atoms with Crippen molar-refractivity contribution in [2.45, 2.75) is 48.9 Å². The third kappa shape index (κ3) is 3.63. The van der Waals surface area contributed by atoms with Gasteiger partial charge in [-0.15, -0.1) is 0 Å². The van der Waals surface area contributed by atoms with Crippen molar-refractivity contribution in [3.05, 3.63) is 24.3 Å². The molecule has 33 heavy (non-hydrogen) atoms. The van der Waals surface area contributed by atoms with Crippen LogP contribution in [0, 0.1) is 17.8 Å². The van der Waals surface area contributed by atoms with Crippen LogP contribution in [0.2, 0.25) is 0 Å². The molecule has 1 spiro atoms. The highest BCUT2D eigenvalue weighted by Gasteiger charge is 2.77. The van der Waals surface area contributed by atoms with E-state index in [4.69, 9.17) is 9.47 Å². The number of amides is 3. The van der Waals surface area contributed by atoms with Crippen LogP contribution in [0.15, 0.2) is 24.3 Å². The summed E-state index contributed by atoms with van der Waals surface area (Å²) in [4.78, 5) is 41.6. The fraction of sp³-hybridized carbons (Fsp3) is 0.609. The molecule has 3 aliphatic rings. The number of nitrogens with one attached hydrogen (secondary N) is 2. The van der Waals surface area contributed by atoms with Crippen molar-refractivity contribution in [2.75, 3.05) is 26.1 Å². The number of likely N-dealkylation sites (tertiary alicyclic amines) is 1. The van der Waals surface area contributed by atoms with E-state index in [2.05, 4.69) is 26.6 Å². The van der Waals surface area contributed by atoms with Crippen LogP contribution in [-0.4, -0.2) is 77.1 Å². The first-order valence-electron chi connectivity index (χ1n) is 11.1. The quantitative estimate of drug-likeness (QED) is 0.461. The molecule has 4 rings (SSSR count). The van der Waals surface area contributed by atoms with E-state index >= 15 is 0 Å². The molecule has 3 N–H and O–H groups in total. The fourth-order valence-electron chi connectivity index (χ4n) is 5.70. The monoisotopic (exact) mass is 523 g/mol. The number of anilines is 1. The van der Waals surface area contributed by atoms with E-state index in [9.17, 15) is 19.5 Å². The largest absolute Gasteiger partial charge is 0.497 e. The summed E-state index contributed by atoms with van der Waals surface area (Å²) in [6, 6.07) is 5.31. The number of aliphatic hydroxyl groups excluding tert-OH is 1. The molecule has 3 heterocycles. The molecule has 1 aromatic carbocycles. The maximum absolute atomic E-state index is 13.8. The highest BCUT2D eigenvalue weighted by molar-refractivity contribution is 9.09. The maximum Gasteiger partial charge on any atom is 0.250 e. The summed E-state index contributed by atoms with van der Waals surface area (Å²) in [5, 5.41) is 15.7. The maximum atomic E-state index is 13.8. The van der Waals surface area contributed by atoms with Crippen molar-refractivity contribution < 1.29 is 29.0 Å². The number of carbonyl (C=O) groups excluding carboxylic acids is 3. The van der Waals surface area contributed by atoms with E-state index < -0.39 is 41.5 Å². The molecule has 3 saturated heterocycles. The number of methoxy groups -OCH3 is 1. The van der Waals surface area contributed by atoms with Crippen LogP contribution in [0.5, 0.6) is 5.75 Å². The summed E-state index contributed by atoms with van der Waals surface area (Å²) in [5.74, 6) is -1.99. The number of nitrogens with zero attached hydrogens (tertiary/aromatic N) is 1. The number of halogens is 1. The predicted molar refractivity (Wildman–Crippen MR) is 124 cm³/mol. The molecule has 3 fully saturated rings. The van der Waals surface area contributed by atoms with Crippen molar-refractivity contribution in [3.63, 3.8) is 0 Å². The molecule has 3 amide bonds. The number of benzene rings is 1. The topological polar surface area (TPSA) is 117 Å². The molecule has 3 aliphatic heterocycles. The zero-order chi connectivity index (χ0) is 24.1. The Morgan fingerprint density at radius 3 is 2.52 bits per heavy atom. The molecule has 7 atom stereocenters. The van der Waals surface area contributed by atoms with Crippen LogP contribution in [-0.2, 0) is 19.1 Å². The standard InChI is InChI=1S/C23H30BrN3O6/c1-11(2)15(10-28)27-19(21(30)26-12-5-7-13(32-4)8-6-12)23-9-14(24)18(33-23)16(20(29)25-3)17(23)22(27)31/h5-8,11,14-19,28H,9-10H2,1-4H3,(H,25,29)(H,26,30)/t14?,15-,16+,17-,18+,19?,23?/m0/s1. The third-order valence-corrected chi connectivity index (χ3v) is 8.04. The lowest BCUT2D eigenvalue weighted by molar-refractivity contribution is -0.145. The normalized spacial score (nSPS) is 33.2. The second kappa shape index (κ2) is 8.88. The molecule has 180 valence electrons. The Morgan fingerprint density at radius 2 is 1.97 bits per heavy atom. The van der Waals surface area contributed by atoms with Crippen LogP contribution in [0.25, 0.3) is 0 Å². The number of carbonyl (C=O) groups is 3. The van der Waals surface area contributed by atoms with Gasteiger partial charge < -0.3 is 30.1 Å². The van der Waals surface area contributed by atoms with Gasteiger partial charge in [-0.05, 0) is 36.6 Å². The van der Waals surface area contributed by atoms with E-state index in [0.29, 0.717) is 17.9 Å². The molecule has 10 heteroatoms. The number of alkyl halides is 1. The molecular formula is C23H30BrN3O6. The molecule has 0 aliphatic carbocycles. The second-order valence-corrected chi connectivity index (χ2v) is 10.4. The Bertz CT molecular complexity index is 941. The Labute approximate surface area is 201 Å². The summed E-state index contributed by atoms with van der Waals surface area (Å²) >= 11 is 3.62. The molecule has 3 unspecified atom stereocenters. The minimum absolute atomic E-state index is 0.110. The van der Waals surface area contributed by atoms with Gasteiger partial charge in [0.15, 0.2) is 0 Å². The number of rotatable bonds is 7. The van der Waals surface area contributed by atoms with Crippen LogP contribution in [0.1, 0.15) is 20.3 Å². The minimum Gasteiger partial charge on any atom is -0.497 e. The lowest BCUT2D eigenvalue weighted by Gasteiger charge is -2.38. The smallest absolute Gasteiger partial charge is 0.250 e. The second-order valence-electron chi connectivity index (χ2n) is 9.23. The van der Waals surface area contributed by atoms with E-state index in [1.54, 1.807) is 31.4 Å². The minimum atomic E-state index is -1.16. The molecule has 0 radical (unpaired) electrons. The lowest BCUT2D eigenvalue weighted by atomic mass is 9.70. The fourth-order valence-corrected chi connectivity index (χ4v) is 6.64. The van der Waals surface area contributed by atoms with Gasteiger partial charge >= 0.3 is 0 Å². The lowest BCUT2D eigenvalue weighted by Crippen LogP contribution is -2.57. The summed E-state index contributed by atoms with van der Waals surface area (Å²) in [6.07, 6.45) is -0.0985. The van der Waals surface area contributed by atoms with Gasteiger partial charge in [0.1, 0.15) is 17.4 Å². The molecule has 0 aromatic heterocycles. The molecule has 1 aromatic rings. The highest BCUT2D eigenvalue weighted by Crippen LogP contribution is 2.60. The Morgan fingerprint density at radius 1 is 1.30 bits per heavy atom. The van der Waals surface area contributed by atoms with Crippen molar-refractivity contribution >= 4 is 39.3 Å². The van der Waals surface area contributed by atoms with Gasteiger partial charge in [0, 0.05) is 17.6 Å². The molecule has 2 bridgehead atoms. The van der Waals surface area contributed by atoms with Crippen LogP contribution in [0.4, 0.5) is 5.69 Å². The van der Waals surface area contributed by atoms with Crippen LogP contribution < -0.4 is 15.4 Å². The van der Waals surface area contributed by atoms with Crippen molar-refractivity contribution in [1.29, 1.82) is 0 Å². The predicted octanol–water partition coefficient (Wildman–Crippen LogP) is 1.14. The van der Waals surface area contributed by atoms with E-state index in [1.807, 2.05) is 13.8 Å². The number of hydrogen-bond acceptors (Lipinski definition) is 6. The number of fused-ring (bicyclic) bond motifs is 1. The average Bonchev–Trinajstić information content (AvgIpc) is 3.38. The molecular weight excluding hydrogens is 494 g/mol. The van der Waals surface area contributed by atoms with Gasteiger partial charge in [0.25, 0.3) is 0 Å². The van der Waals surface area contributed by atoms with Gasteiger partial charge in [-0.25, -0.2) is 0 Å². The first-order valence-corrected chi connectivity index (χ1v) is 12.0. The first kappa shape index (κ1) is 24.0. The highest BCUT2D eigenvalue weighted by atomic mass is 79.9. The van der Waals surface area contributed by atoms with Gasteiger partial charge in [0.2, 0.25) is 17.7 Å². The van der Waals surface area contributed by atoms with Crippen molar-refractivity contribution in [2.24, 2.45) is 17.8 Å². The van der Waals surface area contributed by atoms with E-state index in [0.717, 1.165) is 0 Å². The van der Waals surface area contributed by atoms with Crippen LogP contribution in [0.3, 0.4) is 0 Å². The molecule has 9 nitrogen and oxygen atoms in total. The van der Waals surface area contributed by atoms with Gasteiger partial charge in [0.05, 0.1) is 37.7 Å². The zero-order valence-corrected chi connectivity index (χ0v) is 20.7. The first-order chi connectivity index (χ1) is 15.7. The number of hydrogen-bond donors (Lipinski definition) is 3. The number of ether oxygens (including phenoxy) is 2. The van der Waals surface area contributed by atoms with Crippen LogP contribution >= 0.6 is 15.9 Å². The van der Waals surface area contributed by atoms with Gasteiger partial charge in [-0.2, -0.15) is 0 Å². The van der Waals surface area contributed by atoms with E-state index in [-0.39, 0.29) is 29.2 Å². The third-order valence-electron chi connectivity index (χ3n) is 7.20. The average molecular weight is 524 g/mol. The Kier molecular flexibility index (Phi) is 6.45. The zero-order valence-electron chi connectivity index (χ0n) is 19.1. The summed E-state index contributed by atoms with van der Waals surface area (Å²) in [6.45, 7) is 3.48. The SMILES string of the molecule is CNC(=O)[C@H]1[C@@H]2OC3(CC2Br)C(C(=O)Nc2ccc(OC)cc2)N([C@@H](CO)C(C)C)C(=O)[C@H]13. The van der Waals surface area contributed by atoms with Crippen molar-refractivity contribution in [1.82, 2.24) is 10.2 Å².